The van der Waals surface area contributed by atoms with E-state index in [0.29, 0.717) is 11.6 Å². The van der Waals surface area contributed by atoms with Gasteiger partial charge in [0.25, 0.3) is 0 Å². The summed E-state index contributed by atoms with van der Waals surface area (Å²) in [6, 6.07) is 10.0. The Hall–Kier alpha value is -1.81. The molecule has 2 aromatic heterocycles. The molecule has 0 radical (unpaired) electrons. The molecule has 28 heavy (non-hydrogen) atoms. The van der Waals surface area contributed by atoms with Gasteiger partial charge in [-0.2, -0.15) is 0 Å². The van der Waals surface area contributed by atoms with Crippen LogP contribution in [0.5, 0.6) is 0 Å². The predicted molar refractivity (Wildman–Crippen MR) is 127 cm³/mol. The number of guanidine groups is 1. The Kier molecular flexibility index (Phi) is 8.56. The summed E-state index contributed by atoms with van der Waals surface area (Å²) < 4.78 is 0. The predicted octanol–water partition coefficient (Wildman–Crippen LogP) is 2.76. The van der Waals surface area contributed by atoms with E-state index in [-0.39, 0.29) is 30.0 Å². The van der Waals surface area contributed by atoms with E-state index in [0.717, 1.165) is 42.8 Å². The van der Waals surface area contributed by atoms with Crippen LogP contribution in [-0.2, 0) is 6.54 Å². The molecule has 0 spiro atoms. The van der Waals surface area contributed by atoms with Crippen molar-refractivity contribution >= 4 is 53.2 Å². The maximum absolute atomic E-state index is 6.27. The van der Waals surface area contributed by atoms with Gasteiger partial charge in [0.05, 0.1) is 17.3 Å². The summed E-state index contributed by atoms with van der Waals surface area (Å²) in [5.74, 6) is 2.55. The molecule has 1 unspecified atom stereocenters. The van der Waals surface area contributed by atoms with Crippen LogP contribution in [0.25, 0.3) is 0 Å². The molecule has 1 aliphatic rings. The lowest BCUT2D eigenvalue weighted by Crippen LogP contribution is -2.44. The standard InChI is InChI=1S/C19H26ClN7.HI/c1-21-19(23-12-14-6-4-8-17(24-14)26(2)3)25-15-9-11-27(13-15)18-16(20)7-5-10-22-18;/h4-8,10,15H,9,11-13H2,1-3H3,(H2,21,23,25);1H. The van der Waals surface area contributed by atoms with Crippen LogP contribution in [0, 0.1) is 0 Å². The molecule has 0 saturated carbocycles. The fourth-order valence-electron chi connectivity index (χ4n) is 3.06. The molecule has 1 saturated heterocycles. The monoisotopic (exact) mass is 515 g/mol. The van der Waals surface area contributed by atoms with Crippen molar-refractivity contribution in [1.82, 2.24) is 20.6 Å². The largest absolute Gasteiger partial charge is 0.363 e. The minimum Gasteiger partial charge on any atom is -0.363 e. The number of aromatic nitrogens is 2. The summed E-state index contributed by atoms with van der Waals surface area (Å²) in [6.07, 6.45) is 2.78. The number of halogens is 2. The zero-order valence-corrected chi connectivity index (χ0v) is 19.5. The van der Waals surface area contributed by atoms with Crippen molar-refractivity contribution in [2.75, 3.05) is 44.0 Å². The molecule has 1 aliphatic heterocycles. The highest BCUT2D eigenvalue weighted by Gasteiger charge is 2.25. The van der Waals surface area contributed by atoms with Gasteiger partial charge in [0, 0.05) is 46.5 Å². The highest BCUT2D eigenvalue weighted by atomic mass is 127. The van der Waals surface area contributed by atoms with Crippen LogP contribution >= 0.6 is 35.6 Å². The first-order valence-electron chi connectivity index (χ1n) is 9.02. The molecule has 3 rings (SSSR count). The Morgan fingerprint density at radius 3 is 2.86 bits per heavy atom. The zero-order valence-electron chi connectivity index (χ0n) is 16.4. The summed E-state index contributed by atoms with van der Waals surface area (Å²) in [6.45, 7) is 2.37. The van der Waals surface area contributed by atoms with Crippen LogP contribution in [0.1, 0.15) is 12.1 Å². The van der Waals surface area contributed by atoms with Gasteiger partial charge in [0.2, 0.25) is 0 Å². The zero-order chi connectivity index (χ0) is 19.2. The van der Waals surface area contributed by atoms with Crippen LogP contribution in [-0.4, -0.2) is 56.2 Å². The van der Waals surface area contributed by atoms with Crippen LogP contribution < -0.4 is 20.4 Å². The van der Waals surface area contributed by atoms with Gasteiger partial charge in [-0.3, -0.25) is 4.99 Å². The van der Waals surface area contributed by atoms with Gasteiger partial charge in [-0.05, 0) is 30.7 Å². The van der Waals surface area contributed by atoms with E-state index < -0.39 is 0 Å². The van der Waals surface area contributed by atoms with E-state index in [1.54, 1.807) is 13.2 Å². The molecular formula is C19H27ClIN7. The molecule has 2 N–H and O–H groups in total. The highest BCUT2D eigenvalue weighted by Crippen LogP contribution is 2.25. The number of hydrogen-bond acceptors (Lipinski definition) is 5. The van der Waals surface area contributed by atoms with E-state index in [1.165, 1.54) is 0 Å². The third kappa shape index (κ3) is 5.84. The number of aliphatic imine (C=N–C) groups is 1. The molecule has 0 aliphatic carbocycles. The number of hydrogen-bond donors (Lipinski definition) is 2. The third-order valence-electron chi connectivity index (χ3n) is 4.48. The topological polar surface area (TPSA) is 68.7 Å². The Morgan fingerprint density at radius 1 is 1.32 bits per heavy atom. The second-order valence-electron chi connectivity index (χ2n) is 6.69. The Morgan fingerprint density at radius 2 is 2.14 bits per heavy atom. The summed E-state index contributed by atoms with van der Waals surface area (Å²) in [5.41, 5.74) is 0.970. The molecule has 7 nitrogen and oxygen atoms in total. The molecule has 152 valence electrons. The average Bonchev–Trinajstić information content (AvgIpc) is 3.14. The molecule has 0 amide bonds. The van der Waals surface area contributed by atoms with Crippen molar-refractivity contribution in [3.05, 3.63) is 47.2 Å². The third-order valence-corrected chi connectivity index (χ3v) is 4.77. The first kappa shape index (κ1) is 22.5. The normalized spacial score (nSPS) is 16.5. The first-order chi connectivity index (χ1) is 13.1. The minimum absolute atomic E-state index is 0. The molecule has 0 aromatic carbocycles. The van der Waals surface area contributed by atoms with Crippen molar-refractivity contribution in [3.63, 3.8) is 0 Å². The van der Waals surface area contributed by atoms with Crippen molar-refractivity contribution in [2.45, 2.75) is 19.0 Å². The molecule has 9 heteroatoms. The van der Waals surface area contributed by atoms with Gasteiger partial charge in [0.1, 0.15) is 11.6 Å². The van der Waals surface area contributed by atoms with E-state index in [2.05, 4.69) is 30.5 Å². The van der Waals surface area contributed by atoms with Gasteiger partial charge >= 0.3 is 0 Å². The van der Waals surface area contributed by atoms with Gasteiger partial charge in [-0.1, -0.05) is 17.7 Å². The molecule has 1 atom stereocenters. The lowest BCUT2D eigenvalue weighted by molar-refractivity contribution is 0.646. The molecule has 3 heterocycles. The summed E-state index contributed by atoms with van der Waals surface area (Å²) in [4.78, 5) is 17.6. The summed E-state index contributed by atoms with van der Waals surface area (Å²) in [5, 5.41) is 7.51. The van der Waals surface area contributed by atoms with E-state index >= 15 is 0 Å². The molecular weight excluding hydrogens is 489 g/mol. The van der Waals surface area contributed by atoms with Crippen molar-refractivity contribution in [3.8, 4) is 0 Å². The second kappa shape index (κ2) is 10.7. The van der Waals surface area contributed by atoms with E-state index in [9.17, 15) is 0 Å². The lowest BCUT2D eigenvalue weighted by Gasteiger charge is -2.20. The highest BCUT2D eigenvalue weighted by molar-refractivity contribution is 14.0. The second-order valence-corrected chi connectivity index (χ2v) is 7.10. The molecule has 2 aromatic rings. The number of pyridine rings is 2. The maximum Gasteiger partial charge on any atom is 0.191 e. The van der Waals surface area contributed by atoms with Crippen molar-refractivity contribution in [1.29, 1.82) is 0 Å². The first-order valence-corrected chi connectivity index (χ1v) is 9.40. The van der Waals surface area contributed by atoms with E-state index in [1.807, 2.05) is 49.3 Å². The Balaban J connectivity index is 0.00000280. The quantitative estimate of drug-likeness (QED) is 0.363. The van der Waals surface area contributed by atoms with Gasteiger partial charge in [-0.15, -0.1) is 24.0 Å². The number of nitrogens with zero attached hydrogens (tertiary/aromatic N) is 5. The van der Waals surface area contributed by atoms with Gasteiger partial charge in [-0.25, -0.2) is 9.97 Å². The van der Waals surface area contributed by atoms with Crippen LogP contribution in [0.2, 0.25) is 5.02 Å². The summed E-state index contributed by atoms with van der Waals surface area (Å²) >= 11 is 6.27. The number of nitrogens with one attached hydrogen (secondary N) is 2. The molecule has 1 fully saturated rings. The smallest absolute Gasteiger partial charge is 0.191 e. The fourth-order valence-corrected chi connectivity index (χ4v) is 3.30. The lowest BCUT2D eigenvalue weighted by atomic mass is 10.3. The van der Waals surface area contributed by atoms with Crippen molar-refractivity contribution < 1.29 is 0 Å². The van der Waals surface area contributed by atoms with Gasteiger partial charge < -0.3 is 20.4 Å². The van der Waals surface area contributed by atoms with Crippen LogP contribution in [0.3, 0.4) is 0 Å². The summed E-state index contributed by atoms with van der Waals surface area (Å²) in [7, 11) is 5.75. The number of anilines is 2. The fraction of sp³-hybridized carbons (Fsp3) is 0.421. The maximum atomic E-state index is 6.27. The van der Waals surface area contributed by atoms with Crippen LogP contribution in [0.4, 0.5) is 11.6 Å². The Bertz CT molecular complexity index is 799. The average molecular weight is 516 g/mol. The van der Waals surface area contributed by atoms with Crippen LogP contribution in [0.15, 0.2) is 41.5 Å². The minimum atomic E-state index is 0. The Labute approximate surface area is 188 Å². The van der Waals surface area contributed by atoms with Gasteiger partial charge in [0.15, 0.2) is 5.96 Å². The SMILES string of the molecule is CN=C(NCc1cccc(N(C)C)n1)NC1CCN(c2ncccc2Cl)C1.I. The van der Waals surface area contributed by atoms with Crippen molar-refractivity contribution in [2.24, 2.45) is 4.99 Å². The number of rotatable bonds is 5. The van der Waals surface area contributed by atoms with E-state index in [4.69, 9.17) is 11.6 Å². The molecule has 0 bridgehead atoms.